The molecule has 1 saturated carbocycles. The molecule has 0 atom stereocenters. The Morgan fingerprint density at radius 2 is 1.85 bits per heavy atom. The quantitative estimate of drug-likeness (QED) is 0.162. The molecule has 1 N–H and O–H groups in total. The maximum absolute atomic E-state index is 14.1. The molecule has 1 aliphatic carbocycles. The SMILES string of the molecule is C=CCC1(S(=O)(=O)n2cc(C)c3c(C(=O)CCc4c(OC)cc(C)[nH]c4=O)cc(-c4ccc(N5CCN(CC)CC5)nc4)cc32)CC1. The van der Waals surface area contributed by atoms with Gasteiger partial charge in [0.1, 0.15) is 11.6 Å². The average Bonchev–Trinajstić information content (AvgIpc) is 3.79. The number of carbonyl (C=O) groups is 1. The van der Waals surface area contributed by atoms with Gasteiger partial charge in [-0.15, -0.1) is 6.58 Å². The fourth-order valence-corrected chi connectivity index (χ4v) is 8.87. The van der Waals surface area contributed by atoms with Crippen molar-refractivity contribution >= 4 is 32.5 Å². The maximum Gasteiger partial charge on any atom is 0.255 e. The lowest BCUT2D eigenvalue weighted by molar-refractivity contribution is 0.0984. The molecule has 0 unspecified atom stereocenters. The maximum atomic E-state index is 14.1. The van der Waals surface area contributed by atoms with Gasteiger partial charge in [-0.3, -0.25) is 9.59 Å². The van der Waals surface area contributed by atoms with E-state index in [1.807, 2.05) is 31.2 Å². The molecule has 0 amide bonds. The van der Waals surface area contributed by atoms with Crippen LogP contribution in [0.25, 0.3) is 22.0 Å². The van der Waals surface area contributed by atoms with E-state index in [9.17, 15) is 18.0 Å². The monoisotopic (exact) mass is 657 g/mol. The number of hydrogen-bond donors (Lipinski definition) is 1. The third kappa shape index (κ3) is 6.02. The number of benzene rings is 1. The summed E-state index contributed by atoms with van der Waals surface area (Å²) in [6.45, 7) is 14.4. The summed E-state index contributed by atoms with van der Waals surface area (Å²) in [6, 6.07) is 9.40. The first kappa shape index (κ1) is 32.7. The molecule has 1 aliphatic heterocycles. The lowest BCUT2D eigenvalue weighted by atomic mass is 9.94. The highest BCUT2D eigenvalue weighted by Gasteiger charge is 2.54. The summed E-state index contributed by atoms with van der Waals surface area (Å²) in [5.74, 6) is 1.13. The van der Waals surface area contributed by atoms with Crippen molar-refractivity contribution in [2.75, 3.05) is 44.7 Å². The minimum Gasteiger partial charge on any atom is -0.496 e. The van der Waals surface area contributed by atoms with Crippen molar-refractivity contribution in [1.29, 1.82) is 0 Å². The van der Waals surface area contributed by atoms with Crippen LogP contribution in [0.15, 0.2) is 60.2 Å². The van der Waals surface area contributed by atoms with Gasteiger partial charge in [-0.1, -0.05) is 13.0 Å². The average molecular weight is 658 g/mol. The molecule has 0 bridgehead atoms. The first-order valence-corrected chi connectivity index (χ1v) is 17.7. The van der Waals surface area contributed by atoms with Crippen LogP contribution in [-0.2, 0) is 16.4 Å². The third-order valence-electron chi connectivity index (χ3n) is 9.77. The molecule has 2 aliphatic rings. The largest absolute Gasteiger partial charge is 0.496 e. The number of carbonyl (C=O) groups excluding carboxylic acids is 1. The summed E-state index contributed by atoms with van der Waals surface area (Å²) >= 11 is 0. The number of allylic oxidation sites excluding steroid dienone is 1. The van der Waals surface area contributed by atoms with Crippen molar-refractivity contribution in [3.8, 4) is 16.9 Å². The number of rotatable bonds is 12. The van der Waals surface area contributed by atoms with Gasteiger partial charge in [0.25, 0.3) is 5.56 Å². The number of methoxy groups -OCH3 is 1. The molecule has 10 nitrogen and oxygen atoms in total. The molecule has 6 rings (SSSR count). The number of aryl methyl sites for hydroxylation is 2. The second-order valence-electron chi connectivity index (χ2n) is 12.8. The zero-order chi connectivity index (χ0) is 33.5. The van der Waals surface area contributed by atoms with E-state index in [2.05, 4.69) is 28.3 Å². The van der Waals surface area contributed by atoms with Gasteiger partial charge in [0, 0.05) is 67.2 Å². The molecule has 2 fully saturated rings. The highest BCUT2D eigenvalue weighted by molar-refractivity contribution is 7.91. The van der Waals surface area contributed by atoms with Crippen molar-refractivity contribution in [2.45, 2.75) is 57.6 Å². The Morgan fingerprint density at radius 3 is 2.47 bits per heavy atom. The number of pyridine rings is 2. The number of hydrogen-bond acceptors (Lipinski definition) is 8. The number of likely N-dealkylation sites (N-methyl/N-ethyl adjacent to an activating group) is 1. The van der Waals surface area contributed by atoms with E-state index >= 15 is 0 Å². The van der Waals surface area contributed by atoms with Gasteiger partial charge in [-0.25, -0.2) is 17.4 Å². The molecule has 11 heteroatoms. The summed E-state index contributed by atoms with van der Waals surface area (Å²) < 4.78 is 34.2. The predicted octanol–water partition coefficient (Wildman–Crippen LogP) is 5.26. The number of aromatic amines is 1. The second kappa shape index (κ2) is 12.8. The zero-order valence-corrected chi connectivity index (χ0v) is 28.5. The van der Waals surface area contributed by atoms with Crippen molar-refractivity contribution in [3.05, 3.63) is 88.1 Å². The Balaban J connectivity index is 1.42. The smallest absolute Gasteiger partial charge is 0.255 e. The molecule has 1 aromatic carbocycles. The Bertz CT molecular complexity index is 2000. The van der Waals surface area contributed by atoms with Gasteiger partial charge in [0.05, 0.1) is 22.9 Å². The summed E-state index contributed by atoms with van der Waals surface area (Å²) in [7, 11) is -2.29. The van der Waals surface area contributed by atoms with Crippen LogP contribution in [0, 0.1) is 13.8 Å². The highest BCUT2D eigenvalue weighted by Crippen LogP contribution is 2.49. The third-order valence-corrected chi connectivity index (χ3v) is 12.3. The van der Waals surface area contributed by atoms with Gasteiger partial charge in [-0.05, 0) is 87.5 Å². The zero-order valence-electron chi connectivity index (χ0n) is 27.6. The Kier molecular flexibility index (Phi) is 8.88. The van der Waals surface area contributed by atoms with E-state index in [1.54, 1.807) is 31.5 Å². The summed E-state index contributed by atoms with van der Waals surface area (Å²) in [6.07, 6.45) is 6.80. The number of fused-ring (bicyclic) bond motifs is 1. The molecule has 248 valence electrons. The van der Waals surface area contributed by atoms with E-state index in [4.69, 9.17) is 9.72 Å². The Hall–Kier alpha value is -4.22. The molecule has 0 spiro atoms. The van der Waals surface area contributed by atoms with Gasteiger partial charge in [0.15, 0.2) is 5.78 Å². The molecule has 3 aromatic heterocycles. The number of H-pyrrole nitrogens is 1. The van der Waals surface area contributed by atoms with E-state index in [0.29, 0.717) is 63.9 Å². The summed E-state index contributed by atoms with van der Waals surface area (Å²) in [4.78, 5) is 39.1. The molecule has 0 radical (unpaired) electrons. The highest BCUT2D eigenvalue weighted by atomic mass is 32.2. The van der Waals surface area contributed by atoms with E-state index in [-0.39, 0.29) is 24.2 Å². The minimum absolute atomic E-state index is 0.0414. The fourth-order valence-electron chi connectivity index (χ4n) is 6.80. The molecule has 47 heavy (non-hydrogen) atoms. The van der Waals surface area contributed by atoms with Crippen LogP contribution in [0.3, 0.4) is 0 Å². The standard InChI is InChI=1S/C36H43N5O5S/c1-6-12-36(13-14-36)47(44,45)41-23-24(3)34-29(31(42)10-9-28-32(46-5)19-25(4)38-35(28)43)20-27(21-30(34)41)26-8-11-33(37-22-26)40-17-15-39(7-2)16-18-40/h6,8,11,19-23H,1,7,9-10,12-18H2,2-5H3,(H,38,43). The normalized spacial score (nSPS) is 16.4. The topological polar surface area (TPSA) is 118 Å². The van der Waals surface area contributed by atoms with Crippen LogP contribution in [0.4, 0.5) is 5.82 Å². The fraction of sp³-hybridized carbons (Fsp3) is 0.417. The van der Waals surface area contributed by atoms with Gasteiger partial charge < -0.3 is 19.5 Å². The lowest BCUT2D eigenvalue weighted by Crippen LogP contribution is -2.46. The first-order chi connectivity index (χ1) is 22.5. The summed E-state index contributed by atoms with van der Waals surface area (Å²) in [5.41, 5.74) is 3.83. The van der Waals surface area contributed by atoms with Crippen molar-refractivity contribution in [3.63, 3.8) is 0 Å². The number of ketones is 1. The molecular formula is C36H43N5O5S. The Morgan fingerprint density at radius 1 is 1.11 bits per heavy atom. The van der Waals surface area contributed by atoms with Crippen LogP contribution in [0.5, 0.6) is 5.75 Å². The first-order valence-electron chi connectivity index (χ1n) is 16.3. The minimum atomic E-state index is -3.79. The number of anilines is 1. The number of ether oxygens (including phenoxy) is 1. The van der Waals surface area contributed by atoms with Crippen molar-refractivity contribution < 1.29 is 17.9 Å². The molecular weight excluding hydrogens is 614 g/mol. The van der Waals surface area contributed by atoms with Crippen LogP contribution in [0.1, 0.15) is 59.8 Å². The van der Waals surface area contributed by atoms with Gasteiger partial charge in [-0.2, -0.15) is 0 Å². The summed E-state index contributed by atoms with van der Waals surface area (Å²) in [5, 5.41) is 0.597. The predicted molar refractivity (Wildman–Crippen MR) is 186 cm³/mol. The Labute approximate surface area is 276 Å². The number of nitrogens with zero attached hydrogens (tertiary/aromatic N) is 4. The van der Waals surface area contributed by atoms with Crippen molar-refractivity contribution in [1.82, 2.24) is 18.8 Å². The van der Waals surface area contributed by atoms with E-state index < -0.39 is 14.8 Å². The van der Waals surface area contributed by atoms with Crippen LogP contribution >= 0.6 is 0 Å². The number of Topliss-reactive ketones (excluding diaryl/α,β-unsaturated/α-hetero) is 1. The lowest BCUT2D eigenvalue weighted by Gasteiger charge is -2.34. The molecule has 4 aromatic rings. The van der Waals surface area contributed by atoms with Crippen LogP contribution in [0.2, 0.25) is 0 Å². The number of nitrogens with one attached hydrogen (secondary N) is 1. The second-order valence-corrected chi connectivity index (χ2v) is 15.0. The van der Waals surface area contributed by atoms with E-state index in [0.717, 1.165) is 44.1 Å². The van der Waals surface area contributed by atoms with Gasteiger partial charge >= 0.3 is 0 Å². The van der Waals surface area contributed by atoms with Crippen LogP contribution in [-0.4, -0.2) is 77.6 Å². The van der Waals surface area contributed by atoms with Crippen molar-refractivity contribution in [2.24, 2.45) is 0 Å². The van der Waals surface area contributed by atoms with E-state index in [1.165, 1.54) is 11.1 Å². The molecule has 1 saturated heterocycles. The number of aromatic nitrogens is 3. The number of piperazine rings is 1. The van der Waals surface area contributed by atoms with Gasteiger partial charge in [0.2, 0.25) is 10.0 Å². The van der Waals surface area contributed by atoms with Crippen LogP contribution < -0.4 is 15.2 Å². The molecule has 4 heterocycles.